The molecule has 7 aromatic rings. The summed E-state index contributed by atoms with van der Waals surface area (Å²) in [6.07, 6.45) is 1.80. The summed E-state index contributed by atoms with van der Waals surface area (Å²) in [5, 5.41) is 0.741. The van der Waals surface area contributed by atoms with Crippen LogP contribution in [0.2, 0.25) is 21.3 Å². The average Bonchev–Trinajstić information content (AvgIpc) is 3.86. The summed E-state index contributed by atoms with van der Waals surface area (Å²) in [6.45, 7) is 27.5. The molecule has 0 saturated carbocycles. The molecule has 3 aliphatic rings. The van der Waals surface area contributed by atoms with E-state index in [0.717, 1.165) is 61.3 Å². The maximum atomic E-state index is 6.87. The van der Waals surface area contributed by atoms with Crippen LogP contribution in [0.1, 0.15) is 83.1 Å². The summed E-state index contributed by atoms with van der Waals surface area (Å²) < 4.78 is 49.4. The van der Waals surface area contributed by atoms with Gasteiger partial charge in [0.1, 0.15) is 5.82 Å². The third kappa shape index (κ3) is 9.80. The summed E-state index contributed by atoms with van der Waals surface area (Å²) in [5.74, 6) is 1.89. The van der Waals surface area contributed by atoms with Gasteiger partial charge >= 0.3 is 42.7 Å². The maximum Gasteiger partial charge on any atom is 0.468 e. The van der Waals surface area contributed by atoms with Crippen LogP contribution in [0.5, 0.6) is 11.5 Å². The van der Waals surface area contributed by atoms with Gasteiger partial charge in [-0.15, -0.1) is 48.1 Å². The van der Waals surface area contributed by atoms with E-state index in [1.165, 1.54) is 0 Å². The van der Waals surface area contributed by atoms with Crippen molar-refractivity contribution < 1.29 is 53.2 Å². The molecule has 0 N–H and O–H groups in total. The van der Waals surface area contributed by atoms with Crippen LogP contribution in [0.4, 0.5) is 22.7 Å². The number of hydrogen-bond donors (Lipinski definition) is 0. The van der Waals surface area contributed by atoms with Crippen LogP contribution in [0.15, 0.2) is 121 Å². The minimum atomic E-state index is -0.818. The van der Waals surface area contributed by atoms with Crippen LogP contribution in [0.3, 0.4) is 0 Å². The van der Waals surface area contributed by atoms with E-state index in [4.69, 9.17) is 37.2 Å². The first-order valence-corrected chi connectivity index (χ1v) is 23.9. The van der Waals surface area contributed by atoms with Gasteiger partial charge in [0, 0.05) is 72.3 Å². The van der Waals surface area contributed by atoms with Crippen LogP contribution in [-0.2, 0) is 48.5 Å². The summed E-state index contributed by atoms with van der Waals surface area (Å²) in [5.41, 5.74) is 6.92. The Balaban J connectivity index is 0.00000608. The number of aromatic nitrogens is 2. The van der Waals surface area contributed by atoms with Crippen molar-refractivity contribution in [2.75, 3.05) is 9.80 Å². The standard InChI is InChI=1S/C52H57B6N4O7.Pt/c1-49(2,3)55-64-53(65-56(68-55)50(4,5)6)41-24-20-25-42(54-66-57(51(7,8)9)69-58(67-54)52(10,11)12)48(41)61-35-60(44-27-15-16-28-45(44)61)36-21-19-22-37(33-36)63-38-30-31-40-39-23-13-14-26-43(39)62(46(40)34-38)47-29-17-18-32-59-47;/h13-32,35H,1-12H3;/q-3;. The third-order valence-corrected chi connectivity index (χ3v) is 12.5. The minimum absolute atomic E-state index is 0. The minimum Gasteiger partial charge on any atom is -0.509 e. The van der Waals surface area contributed by atoms with E-state index in [0.29, 0.717) is 11.5 Å². The van der Waals surface area contributed by atoms with Gasteiger partial charge in [0.25, 0.3) is 0 Å². The van der Waals surface area contributed by atoms with Crippen molar-refractivity contribution in [3.05, 3.63) is 140 Å². The molecule has 5 aromatic carbocycles. The number of fused-ring (bicyclic) bond motifs is 4. The molecule has 358 valence electrons. The summed E-state index contributed by atoms with van der Waals surface area (Å²) >= 11 is 0. The Morgan fingerprint density at radius 1 is 0.500 bits per heavy atom. The van der Waals surface area contributed by atoms with Crippen molar-refractivity contribution in [3.8, 4) is 17.3 Å². The van der Waals surface area contributed by atoms with E-state index >= 15 is 0 Å². The Bertz CT molecular complexity index is 2900. The van der Waals surface area contributed by atoms with Crippen molar-refractivity contribution in [2.45, 2.75) is 104 Å². The first-order valence-electron chi connectivity index (χ1n) is 23.9. The van der Waals surface area contributed by atoms with Crippen molar-refractivity contribution in [1.29, 1.82) is 0 Å². The zero-order valence-electron chi connectivity index (χ0n) is 42.1. The van der Waals surface area contributed by atoms with Crippen LogP contribution < -0.4 is 25.5 Å². The molecule has 18 heteroatoms. The van der Waals surface area contributed by atoms with E-state index in [2.05, 4.69) is 165 Å². The molecule has 0 atom stereocenters. The zero-order valence-corrected chi connectivity index (χ0v) is 44.3. The van der Waals surface area contributed by atoms with E-state index < -0.39 is 42.7 Å². The first-order chi connectivity index (χ1) is 32.7. The maximum absolute atomic E-state index is 6.87. The second-order valence-corrected chi connectivity index (χ2v) is 22.5. The van der Waals surface area contributed by atoms with Crippen molar-refractivity contribution in [1.82, 2.24) is 9.55 Å². The molecule has 2 saturated heterocycles. The largest absolute Gasteiger partial charge is 0.509 e. The van der Waals surface area contributed by atoms with Gasteiger partial charge in [-0.2, -0.15) is 12.1 Å². The molecule has 2 fully saturated rings. The topological polar surface area (TPSA) is 88.9 Å². The van der Waals surface area contributed by atoms with E-state index in [1.54, 1.807) is 6.20 Å². The average molecular weight is 1110 g/mol. The Labute approximate surface area is 430 Å². The normalized spacial score (nSPS) is 16.1. The number of hydrogen-bond acceptors (Lipinski definition) is 10. The number of rotatable bonds is 7. The predicted octanol–water partition coefficient (Wildman–Crippen LogP) is 11.6. The predicted molar refractivity (Wildman–Crippen MR) is 283 cm³/mol. The number of ether oxygens (including phenoxy) is 1. The second-order valence-electron chi connectivity index (χ2n) is 22.5. The molecular formula is C52H57B6N4O7Pt-3. The molecule has 2 aromatic heterocycles. The van der Waals surface area contributed by atoms with Crippen molar-refractivity contribution in [3.63, 3.8) is 0 Å². The summed E-state index contributed by atoms with van der Waals surface area (Å²) in [7, 11) is -3.90. The molecule has 0 amide bonds. The fourth-order valence-electron chi connectivity index (χ4n) is 8.92. The van der Waals surface area contributed by atoms with Gasteiger partial charge in [-0.25, -0.2) is 4.98 Å². The first kappa shape index (κ1) is 50.2. The van der Waals surface area contributed by atoms with Crippen LogP contribution in [0, 0.1) is 18.8 Å². The quantitative estimate of drug-likeness (QED) is 0.114. The molecule has 0 aliphatic carbocycles. The number of nitrogens with zero attached hydrogens (tertiary/aromatic N) is 4. The molecule has 11 nitrogen and oxygen atoms in total. The SMILES string of the molecule is CC(C)(C)B1OB(c2cccc(B3OB(C(C)(C)C)OB(C(C)(C)C)O3)c2N2[CH-]N(c3[c-]c(Oc4[c-]c5c(cc4)c4ccccc4n5-c4ccccn4)ccc3)c3ccccc32)OB(C(C)(C)C)O1.[Pt]. The van der Waals surface area contributed by atoms with Crippen molar-refractivity contribution >= 4 is 98.2 Å². The van der Waals surface area contributed by atoms with Gasteiger partial charge in [-0.05, 0) is 57.0 Å². The fourth-order valence-corrected chi connectivity index (χ4v) is 8.92. The number of pyridine rings is 1. The molecular weight excluding hydrogens is 1050 g/mol. The summed E-state index contributed by atoms with van der Waals surface area (Å²) in [4.78, 5) is 9.00. The Morgan fingerprint density at radius 2 is 1.01 bits per heavy atom. The van der Waals surface area contributed by atoms with Crippen LogP contribution in [0.25, 0.3) is 27.6 Å². The molecule has 70 heavy (non-hydrogen) atoms. The fraction of sp³-hybridized carbons (Fsp3) is 0.308. The van der Waals surface area contributed by atoms with E-state index in [1.807, 2.05) is 66.7 Å². The smallest absolute Gasteiger partial charge is 0.468 e. The second kappa shape index (κ2) is 19.0. The van der Waals surface area contributed by atoms with Crippen LogP contribution >= 0.6 is 0 Å². The Kier molecular flexibility index (Phi) is 13.7. The monoisotopic (exact) mass is 1110 g/mol. The molecule has 10 rings (SSSR count). The van der Waals surface area contributed by atoms with E-state index in [-0.39, 0.29) is 42.3 Å². The van der Waals surface area contributed by atoms with Gasteiger partial charge < -0.3 is 46.5 Å². The zero-order chi connectivity index (χ0) is 48.6. The van der Waals surface area contributed by atoms with Gasteiger partial charge in [0.2, 0.25) is 0 Å². The number of para-hydroxylation sites is 4. The number of benzene rings is 5. The number of anilines is 4. The molecule has 0 bridgehead atoms. The molecule has 0 radical (unpaired) electrons. The van der Waals surface area contributed by atoms with Gasteiger partial charge in [-0.1, -0.05) is 143 Å². The Hall–Kier alpha value is -4.71. The molecule has 5 heterocycles. The van der Waals surface area contributed by atoms with Gasteiger partial charge in [0.15, 0.2) is 0 Å². The Morgan fingerprint density at radius 3 is 1.57 bits per heavy atom. The third-order valence-electron chi connectivity index (χ3n) is 12.5. The molecule has 0 spiro atoms. The van der Waals surface area contributed by atoms with Crippen LogP contribution in [-0.4, -0.2) is 52.3 Å². The summed E-state index contributed by atoms with van der Waals surface area (Å²) in [6, 6.07) is 45.8. The van der Waals surface area contributed by atoms with Crippen molar-refractivity contribution in [2.24, 2.45) is 0 Å². The molecule has 0 unspecified atom stereocenters. The van der Waals surface area contributed by atoms with Gasteiger partial charge in [-0.3, -0.25) is 0 Å². The van der Waals surface area contributed by atoms with Gasteiger partial charge in [0.05, 0.1) is 0 Å². The molecule has 3 aliphatic heterocycles. The van der Waals surface area contributed by atoms with E-state index in [9.17, 15) is 0 Å².